The van der Waals surface area contributed by atoms with E-state index in [4.69, 9.17) is 9.47 Å². The van der Waals surface area contributed by atoms with Crippen molar-refractivity contribution in [2.75, 3.05) is 20.3 Å². The first kappa shape index (κ1) is 27.0. The highest BCUT2D eigenvalue weighted by atomic mass is 16.5. The Labute approximate surface area is 231 Å². The summed E-state index contributed by atoms with van der Waals surface area (Å²) in [6, 6.07) is 22.5. The van der Waals surface area contributed by atoms with Crippen LogP contribution < -0.4 is 5.32 Å². The predicted octanol–water partition coefficient (Wildman–Crippen LogP) is 3.28. The number of benzene rings is 3. The van der Waals surface area contributed by atoms with E-state index in [1.54, 1.807) is 29.2 Å². The molecule has 1 saturated heterocycles. The summed E-state index contributed by atoms with van der Waals surface area (Å²) in [5, 5.41) is 11.3. The Morgan fingerprint density at radius 1 is 1.05 bits per heavy atom. The molecule has 0 unspecified atom stereocenters. The van der Waals surface area contributed by atoms with Gasteiger partial charge in [-0.1, -0.05) is 59.8 Å². The van der Waals surface area contributed by atoms with Gasteiger partial charge in [0.05, 0.1) is 24.3 Å². The molecule has 1 aliphatic heterocycles. The van der Waals surface area contributed by atoms with Crippen LogP contribution in [0.5, 0.6) is 0 Å². The summed E-state index contributed by atoms with van der Waals surface area (Å²) in [5.41, 5.74) is 3.17. The van der Waals surface area contributed by atoms with Gasteiger partial charge in [-0.2, -0.15) is 0 Å². The smallest absolute Gasteiger partial charge is 0.337 e. The number of ether oxygens (including phenoxy) is 2. The van der Waals surface area contributed by atoms with E-state index in [2.05, 4.69) is 15.6 Å². The molecule has 4 aromatic rings. The minimum absolute atomic E-state index is 0.0638. The second-order valence-electron chi connectivity index (χ2n) is 9.64. The van der Waals surface area contributed by atoms with E-state index in [1.165, 1.54) is 11.8 Å². The lowest BCUT2D eigenvalue weighted by molar-refractivity contribution is -0.142. The molecule has 2 heterocycles. The van der Waals surface area contributed by atoms with Crippen LogP contribution in [-0.4, -0.2) is 64.0 Å². The summed E-state index contributed by atoms with van der Waals surface area (Å²) in [6.45, 7) is 1.09. The number of hydrogen-bond acceptors (Lipinski definition) is 7. The molecule has 0 spiro atoms. The molecule has 1 fully saturated rings. The zero-order chi connectivity index (χ0) is 27.9. The zero-order valence-electron chi connectivity index (χ0n) is 22.2. The first-order valence-corrected chi connectivity index (χ1v) is 13.2. The van der Waals surface area contributed by atoms with Gasteiger partial charge in [-0.25, -0.2) is 9.48 Å². The van der Waals surface area contributed by atoms with Gasteiger partial charge in [0.15, 0.2) is 0 Å². The van der Waals surface area contributed by atoms with Gasteiger partial charge < -0.3 is 19.7 Å². The Morgan fingerprint density at radius 2 is 1.80 bits per heavy atom. The molecule has 0 radical (unpaired) electrons. The largest absolute Gasteiger partial charge is 0.465 e. The van der Waals surface area contributed by atoms with Crippen LogP contribution in [0.2, 0.25) is 0 Å². The van der Waals surface area contributed by atoms with Crippen molar-refractivity contribution < 1.29 is 23.9 Å². The summed E-state index contributed by atoms with van der Waals surface area (Å²) < 4.78 is 12.1. The quantitative estimate of drug-likeness (QED) is 0.306. The summed E-state index contributed by atoms with van der Waals surface area (Å²) in [6.07, 6.45) is 1.75. The molecule has 0 aliphatic carbocycles. The van der Waals surface area contributed by atoms with Crippen molar-refractivity contribution in [3.05, 3.63) is 95.6 Å². The van der Waals surface area contributed by atoms with Crippen molar-refractivity contribution >= 4 is 28.8 Å². The summed E-state index contributed by atoms with van der Waals surface area (Å²) in [7, 11) is 1.31. The first-order chi connectivity index (χ1) is 19.5. The van der Waals surface area contributed by atoms with Gasteiger partial charge in [0.1, 0.15) is 18.1 Å². The summed E-state index contributed by atoms with van der Waals surface area (Å²) in [4.78, 5) is 41.5. The van der Waals surface area contributed by atoms with Crippen molar-refractivity contribution in [3.63, 3.8) is 0 Å². The molecular weight excluding hydrogens is 510 g/mol. The lowest BCUT2D eigenvalue weighted by atomic mass is 10.0. The van der Waals surface area contributed by atoms with Crippen LogP contribution >= 0.6 is 0 Å². The fourth-order valence-corrected chi connectivity index (χ4v) is 4.87. The van der Waals surface area contributed by atoms with E-state index in [9.17, 15) is 14.4 Å². The highest BCUT2D eigenvalue weighted by Crippen LogP contribution is 2.26. The third-order valence-corrected chi connectivity index (χ3v) is 6.96. The number of hydrogen-bond donors (Lipinski definition) is 1. The van der Waals surface area contributed by atoms with Crippen molar-refractivity contribution in [2.24, 2.45) is 0 Å². The second-order valence-corrected chi connectivity index (χ2v) is 9.64. The Kier molecular flexibility index (Phi) is 8.46. The minimum Gasteiger partial charge on any atom is -0.465 e. The molecule has 2 atom stereocenters. The van der Waals surface area contributed by atoms with Crippen LogP contribution in [-0.2, 0) is 32.2 Å². The van der Waals surface area contributed by atoms with Crippen molar-refractivity contribution in [1.82, 2.24) is 25.2 Å². The lowest BCUT2D eigenvalue weighted by Crippen LogP contribution is -2.46. The molecule has 3 aromatic carbocycles. The van der Waals surface area contributed by atoms with Gasteiger partial charge in [0.2, 0.25) is 11.8 Å². The van der Waals surface area contributed by atoms with E-state index < -0.39 is 12.0 Å². The molecule has 1 aromatic heterocycles. The number of nitrogens with one attached hydrogen (secondary N) is 1. The van der Waals surface area contributed by atoms with Gasteiger partial charge >= 0.3 is 5.97 Å². The van der Waals surface area contributed by atoms with E-state index in [0.717, 1.165) is 23.9 Å². The number of para-hydroxylation sites is 1. The number of amides is 2. The Hall–Kier alpha value is -4.57. The number of fused-ring (bicyclic) bond motifs is 1. The Bertz CT molecular complexity index is 1460. The maximum Gasteiger partial charge on any atom is 0.337 e. The average molecular weight is 542 g/mol. The van der Waals surface area contributed by atoms with Crippen LogP contribution in [0, 0.1) is 0 Å². The number of rotatable bonds is 10. The number of methoxy groups -OCH3 is 1. The van der Waals surface area contributed by atoms with Crippen LogP contribution in [0.4, 0.5) is 0 Å². The van der Waals surface area contributed by atoms with Crippen LogP contribution in [0.25, 0.3) is 11.0 Å². The van der Waals surface area contributed by atoms with Gasteiger partial charge in [0.25, 0.3) is 0 Å². The van der Waals surface area contributed by atoms with E-state index in [0.29, 0.717) is 29.8 Å². The minimum atomic E-state index is -0.976. The molecule has 206 valence electrons. The zero-order valence-corrected chi connectivity index (χ0v) is 22.2. The maximum atomic E-state index is 14.0. The molecule has 10 heteroatoms. The highest BCUT2D eigenvalue weighted by molar-refractivity contribution is 5.91. The molecule has 2 amide bonds. The fraction of sp³-hybridized carbons (Fsp3) is 0.300. The van der Waals surface area contributed by atoms with Crippen LogP contribution in [0.15, 0.2) is 78.9 Å². The molecular formula is C30H31N5O5. The first-order valence-electron chi connectivity index (χ1n) is 13.2. The van der Waals surface area contributed by atoms with E-state index in [-0.39, 0.29) is 31.0 Å². The van der Waals surface area contributed by atoms with E-state index in [1.807, 2.05) is 54.6 Å². The summed E-state index contributed by atoms with van der Waals surface area (Å²) >= 11 is 0. The maximum absolute atomic E-state index is 14.0. The van der Waals surface area contributed by atoms with Crippen molar-refractivity contribution in [1.29, 1.82) is 0 Å². The van der Waals surface area contributed by atoms with Crippen molar-refractivity contribution in [2.45, 2.75) is 38.1 Å². The molecule has 0 bridgehead atoms. The molecule has 1 aliphatic rings. The topological polar surface area (TPSA) is 116 Å². The molecule has 1 N–H and O–H groups in total. The van der Waals surface area contributed by atoms with Crippen LogP contribution in [0.3, 0.4) is 0 Å². The predicted molar refractivity (Wildman–Crippen MR) is 147 cm³/mol. The molecule has 40 heavy (non-hydrogen) atoms. The number of aromatic nitrogens is 3. The van der Waals surface area contributed by atoms with Gasteiger partial charge in [-0.3, -0.25) is 9.59 Å². The Morgan fingerprint density at radius 3 is 2.52 bits per heavy atom. The van der Waals surface area contributed by atoms with Gasteiger partial charge in [0, 0.05) is 19.7 Å². The van der Waals surface area contributed by atoms with Gasteiger partial charge in [-0.05, 0) is 48.2 Å². The Balaban J connectivity index is 1.50. The normalized spacial score (nSPS) is 15.5. The van der Waals surface area contributed by atoms with Crippen molar-refractivity contribution in [3.8, 4) is 0 Å². The number of carbonyl (C=O) groups is 3. The molecule has 0 saturated carbocycles. The highest BCUT2D eigenvalue weighted by Gasteiger charge is 2.33. The number of esters is 1. The second kappa shape index (κ2) is 12.5. The summed E-state index contributed by atoms with van der Waals surface area (Å²) in [5.74, 6) is -1.14. The fourth-order valence-electron chi connectivity index (χ4n) is 4.87. The average Bonchev–Trinajstić information content (AvgIpc) is 3.66. The van der Waals surface area contributed by atoms with Gasteiger partial charge in [-0.15, -0.1) is 5.10 Å². The third-order valence-electron chi connectivity index (χ3n) is 6.96. The third kappa shape index (κ3) is 6.18. The van der Waals surface area contributed by atoms with Crippen LogP contribution in [0.1, 0.15) is 40.4 Å². The van der Waals surface area contributed by atoms with E-state index >= 15 is 0 Å². The molecule has 10 nitrogen and oxygen atoms in total. The SMILES string of the molecule is COC(=O)c1ccc([C@H](C(=O)NC[C@H]2CCCO2)N(Cc2ccccc2)C(=O)Cn2nnc3ccccc32)cc1. The molecule has 5 rings (SSSR count). The standard InChI is InChI=1S/C30H31N5O5/c1-39-30(38)23-15-13-22(14-16-23)28(29(37)31-18-24-10-7-17-40-24)34(19-21-8-3-2-4-9-21)27(36)20-35-26-12-6-5-11-25(26)32-33-35/h2-6,8-9,11-16,24,28H,7,10,17-20H2,1H3,(H,31,37)/t24-,28-/m1/s1. The lowest BCUT2D eigenvalue weighted by Gasteiger charge is -2.32. The number of nitrogens with zero attached hydrogens (tertiary/aromatic N) is 4. The number of carbonyl (C=O) groups excluding carboxylic acids is 3. The monoisotopic (exact) mass is 541 g/mol.